The van der Waals surface area contributed by atoms with Gasteiger partial charge in [0.2, 0.25) is 5.91 Å². The molecule has 3 nitrogen and oxygen atoms in total. The molecular formula is C17H22N2OS. The van der Waals surface area contributed by atoms with Gasteiger partial charge in [0.25, 0.3) is 0 Å². The minimum absolute atomic E-state index is 0.0479. The van der Waals surface area contributed by atoms with Gasteiger partial charge in [0, 0.05) is 11.8 Å². The molecule has 0 saturated carbocycles. The molecule has 0 aliphatic carbocycles. The number of nitrogens with zero attached hydrogens (tertiary/aromatic N) is 1. The Morgan fingerprint density at radius 3 is 2.62 bits per heavy atom. The molecule has 1 aromatic heterocycles. The lowest BCUT2D eigenvalue weighted by molar-refractivity contribution is -0.116. The third kappa shape index (κ3) is 4.97. The van der Waals surface area contributed by atoms with Gasteiger partial charge in [-0.3, -0.25) is 4.79 Å². The van der Waals surface area contributed by atoms with Crippen molar-refractivity contribution in [1.29, 1.82) is 0 Å². The summed E-state index contributed by atoms with van der Waals surface area (Å²) < 4.78 is 0. The minimum atomic E-state index is 0.0479. The highest BCUT2D eigenvalue weighted by molar-refractivity contribution is 7.13. The highest BCUT2D eigenvalue weighted by atomic mass is 32.1. The fourth-order valence-corrected chi connectivity index (χ4v) is 2.89. The molecule has 0 bridgehead atoms. The van der Waals surface area contributed by atoms with E-state index in [1.807, 2.05) is 5.38 Å². The molecule has 2 aromatic rings. The maximum Gasteiger partial charge on any atom is 0.226 e. The molecule has 4 heteroatoms. The number of thiazole rings is 1. The van der Waals surface area contributed by atoms with Crippen LogP contribution in [0.5, 0.6) is 0 Å². The van der Waals surface area contributed by atoms with E-state index in [9.17, 15) is 4.79 Å². The summed E-state index contributed by atoms with van der Waals surface area (Å²) in [7, 11) is 0. The number of carbonyl (C=O) groups is 1. The van der Waals surface area contributed by atoms with E-state index in [-0.39, 0.29) is 5.91 Å². The zero-order valence-electron chi connectivity index (χ0n) is 12.8. The average molecular weight is 302 g/mol. The molecule has 1 heterocycles. The van der Waals surface area contributed by atoms with E-state index in [1.165, 1.54) is 22.5 Å². The van der Waals surface area contributed by atoms with Crippen molar-refractivity contribution in [2.75, 3.05) is 5.32 Å². The average Bonchev–Trinajstić information content (AvgIpc) is 2.90. The first kappa shape index (κ1) is 15.7. The van der Waals surface area contributed by atoms with Gasteiger partial charge in [-0.05, 0) is 31.2 Å². The quantitative estimate of drug-likeness (QED) is 0.851. The summed E-state index contributed by atoms with van der Waals surface area (Å²) >= 11 is 1.49. The number of hydrogen-bond acceptors (Lipinski definition) is 3. The Bertz CT molecular complexity index is 587. The summed E-state index contributed by atoms with van der Waals surface area (Å²) in [6.45, 7) is 6.28. The lowest BCUT2D eigenvalue weighted by atomic mass is 10.1. The molecule has 1 aromatic carbocycles. The molecule has 112 valence electrons. The zero-order chi connectivity index (χ0) is 15.2. The number of nitrogens with one attached hydrogen (secondary N) is 1. The first-order valence-electron chi connectivity index (χ1n) is 7.35. The van der Waals surface area contributed by atoms with E-state index >= 15 is 0 Å². The summed E-state index contributed by atoms with van der Waals surface area (Å²) in [4.78, 5) is 16.3. The van der Waals surface area contributed by atoms with Crippen molar-refractivity contribution in [2.24, 2.45) is 0 Å². The zero-order valence-corrected chi connectivity index (χ0v) is 13.7. The number of hydrogen-bond donors (Lipinski definition) is 1. The molecule has 0 aliphatic rings. The lowest BCUT2D eigenvalue weighted by Gasteiger charge is -2.03. The summed E-state index contributed by atoms with van der Waals surface area (Å²) in [5.74, 6) is 0.445. The summed E-state index contributed by atoms with van der Waals surface area (Å²) in [6.07, 6.45) is 2.32. The third-order valence-electron chi connectivity index (χ3n) is 3.35. The van der Waals surface area contributed by atoms with Crippen molar-refractivity contribution in [3.05, 3.63) is 46.5 Å². The highest BCUT2D eigenvalue weighted by Crippen LogP contribution is 2.21. The number of benzene rings is 1. The van der Waals surface area contributed by atoms with Crippen LogP contribution >= 0.6 is 11.3 Å². The number of rotatable bonds is 6. The molecule has 0 atom stereocenters. The van der Waals surface area contributed by atoms with E-state index in [4.69, 9.17) is 0 Å². The summed E-state index contributed by atoms with van der Waals surface area (Å²) in [6, 6.07) is 8.47. The molecule has 0 radical (unpaired) electrons. The van der Waals surface area contributed by atoms with Crippen LogP contribution in [-0.2, 0) is 11.2 Å². The SMILES string of the molecule is Cc1ccc(CCCC(=O)Nc2nc(C(C)C)cs2)cc1. The maximum atomic E-state index is 11.9. The minimum Gasteiger partial charge on any atom is -0.302 e. The second-order valence-electron chi connectivity index (χ2n) is 5.62. The van der Waals surface area contributed by atoms with Gasteiger partial charge in [0.15, 0.2) is 5.13 Å². The predicted molar refractivity (Wildman–Crippen MR) is 88.9 cm³/mol. The first-order chi connectivity index (χ1) is 10.0. The second kappa shape index (κ2) is 7.36. The van der Waals surface area contributed by atoms with Gasteiger partial charge in [-0.2, -0.15) is 0 Å². The topological polar surface area (TPSA) is 42.0 Å². The maximum absolute atomic E-state index is 11.9. The van der Waals surface area contributed by atoms with Crippen molar-refractivity contribution < 1.29 is 4.79 Å². The van der Waals surface area contributed by atoms with Crippen molar-refractivity contribution in [2.45, 2.75) is 46.0 Å². The van der Waals surface area contributed by atoms with E-state index in [1.54, 1.807) is 0 Å². The van der Waals surface area contributed by atoms with E-state index in [0.717, 1.165) is 18.5 Å². The monoisotopic (exact) mass is 302 g/mol. The van der Waals surface area contributed by atoms with Gasteiger partial charge in [0.05, 0.1) is 5.69 Å². The van der Waals surface area contributed by atoms with Gasteiger partial charge < -0.3 is 5.32 Å². The molecule has 1 N–H and O–H groups in total. The molecule has 2 rings (SSSR count). The smallest absolute Gasteiger partial charge is 0.226 e. The lowest BCUT2D eigenvalue weighted by Crippen LogP contribution is -2.11. The molecule has 1 amide bonds. The number of aromatic nitrogens is 1. The first-order valence-corrected chi connectivity index (χ1v) is 8.23. The van der Waals surface area contributed by atoms with Gasteiger partial charge in [-0.1, -0.05) is 43.7 Å². The number of carbonyl (C=O) groups excluding carboxylic acids is 1. The predicted octanol–water partition coefficient (Wildman–Crippen LogP) is 4.54. The van der Waals surface area contributed by atoms with Crippen molar-refractivity contribution in [1.82, 2.24) is 4.98 Å². The van der Waals surface area contributed by atoms with Crippen LogP contribution < -0.4 is 5.32 Å². The fraction of sp³-hybridized carbons (Fsp3) is 0.412. The van der Waals surface area contributed by atoms with Crippen LogP contribution in [0.25, 0.3) is 0 Å². The normalized spacial score (nSPS) is 10.9. The summed E-state index contributed by atoms with van der Waals surface area (Å²) in [5, 5.41) is 5.60. The van der Waals surface area contributed by atoms with Crippen LogP contribution in [0.4, 0.5) is 5.13 Å². The Balaban J connectivity index is 1.75. The number of aryl methyl sites for hydroxylation is 2. The van der Waals surface area contributed by atoms with Crippen molar-refractivity contribution >= 4 is 22.4 Å². The van der Waals surface area contributed by atoms with Gasteiger partial charge in [-0.15, -0.1) is 11.3 Å². The van der Waals surface area contributed by atoms with Crippen LogP contribution in [0.3, 0.4) is 0 Å². The van der Waals surface area contributed by atoms with Crippen LogP contribution in [-0.4, -0.2) is 10.9 Å². The van der Waals surface area contributed by atoms with Crippen LogP contribution in [0.1, 0.15) is 49.4 Å². The molecular weight excluding hydrogens is 280 g/mol. The standard InChI is InChI=1S/C17H22N2OS/c1-12(2)15-11-21-17(18-15)19-16(20)6-4-5-14-9-7-13(3)8-10-14/h7-12H,4-6H2,1-3H3,(H,18,19,20). The molecule has 0 saturated heterocycles. The summed E-state index contributed by atoms with van der Waals surface area (Å²) in [5.41, 5.74) is 3.58. The number of amides is 1. The van der Waals surface area contributed by atoms with E-state index in [2.05, 4.69) is 55.3 Å². The Hall–Kier alpha value is -1.68. The van der Waals surface area contributed by atoms with Crippen LogP contribution in [0, 0.1) is 6.92 Å². The largest absolute Gasteiger partial charge is 0.302 e. The van der Waals surface area contributed by atoms with E-state index in [0.29, 0.717) is 17.5 Å². The van der Waals surface area contributed by atoms with Gasteiger partial charge >= 0.3 is 0 Å². The molecule has 21 heavy (non-hydrogen) atoms. The van der Waals surface area contributed by atoms with Crippen molar-refractivity contribution in [3.63, 3.8) is 0 Å². The molecule has 0 fully saturated rings. The Morgan fingerprint density at radius 2 is 2.00 bits per heavy atom. The van der Waals surface area contributed by atoms with Gasteiger partial charge in [0.1, 0.15) is 0 Å². The second-order valence-corrected chi connectivity index (χ2v) is 6.48. The fourth-order valence-electron chi connectivity index (χ4n) is 2.00. The Kier molecular flexibility index (Phi) is 5.51. The Labute approximate surface area is 130 Å². The number of anilines is 1. The van der Waals surface area contributed by atoms with E-state index < -0.39 is 0 Å². The third-order valence-corrected chi connectivity index (χ3v) is 4.13. The Morgan fingerprint density at radius 1 is 1.29 bits per heavy atom. The molecule has 0 aliphatic heterocycles. The molecule has 0 unspecified atom stereocenters. The molecule has 0 spiro atoms. The van der Waals surface area contributed by atoms with Gasteiger partial charge in [-0.25, -0.2) is 4.98 Å². The van der Waals surface area contributed by atoms with Crippen molar-refractivity contribution in [3.8, 4) is 0 Å². The van der Waals surface area contributed by atoms with Crippen LogP contribution in [0.15, 0.2) is 29.6 Å². The van der Waals surface area contributed by atoms with Crippen LogP contribution in [0.2, 0.25) is 0 Å². The highest BCUT2D eigenvalue weighted by Gasteiger charge is 2.08.